The molecule has 0 bridgehead atoms. The number of nitrogens with zero attached hydrogens (tertiary/aromatic N) is 2. The van der Waals surface area contributed by atoms with E-state index in [4.69, 9.17) is 26.1 Å². The summed E-state index contributed by atoms with van der Waals surface area (Å²) in [4.78, 5) is 16.0. The van der Waals surface area contributed by atoms with E-state index in [-0.39, 0.29) is 29.1 Å². The van der Waals surface area contributed by atoms with Gasteiger partial charge in [0.05, 0.1) is 12.7 Å². The molecule has 1 heterocycles. The van der Waals surface area contributed by atoms with E-state index < -0.39 is 8.32 Å². The van der Waals surface area contributed by atoms with Gasteiger partial charge >= 0.3 is 5.97 Å². The third-order valence-corrected chi connectivity index (χ3v) is 10.6. The van der Waals surface area contributed by atoms with Crippen LogP contribution in [0.1, 0.15) is 47.5 Å². The Balaban J connectivity index is 2.27. The molecule has 1 saturated carbocycles. The molecule has 0 radical (unpaired) electrons. The van der Waals surface area contributed by atoms with Crippen LogP contribution in [0.5, 0.6) is 0 Å². The number of carbonyl (C=O) groups excluding carboxylic acids is 1. The van der Waals surface area contributed by atoms with Crippen LogP contribution in [0.25, 0.3) is 0 Å². The summed E-state index contributed by atoms with van der Waals surface area (Å²) in [6.07, 6.45) is 7.69. The van der Waals surface area contributed by atoms with E-state index in [1.54, 1.807) is 29.4 Å². The van der Waals surface area contributed by atoms with Crippen LogP contribution in [0.4, 0.5) is 0 Å². The Kier molecular flexibility index (Phi) is 7.81. The lowest BCUT2D eigenvalue weighted by atomic mass is 9.82. The quantitative estimate of drug-likeness (QED) is 0.287. The molecular weight excluding hydrogens is 404 g/mol. The van der Waals surface area contributed by atoms with Gasteiger partial charge in [0.15, 0.2) is 8.32 Å². The van der Waals surface area contributed by atoms with Gasteiger partial charge in [-0.25, -0.2) is 9.78 Å². The summed E-state index contributed by atoms with van der Waals surface area (Å²) < 4.78 is 19.8. The molecule has 0 saturated heterocycles. The average Bonchev–Trinajstić information content (AvgIpc) is 3.11. The highest BCUT2D eigenvalue weighted by atomic mass is 32.1. The van der Waals surface area contributed by atoms with Crippen LogP contribution in [0.15, 0.2) is 30.4 Å². The highest BCUT2D eigenvalue weighted by molar-refractivity contribution is 7.80. The van der Waals surface area contributed by atoms with Crippen molar-refractivity contribution in [1.82, 2.24) is 9.55 Å². The molecule has 3 atom stereocenters. The van der Waals surface area contributed by atoms with Gasteiger partial charge in [0.2, 0.25) is 0 Å². The summed E-state index contributed by atoms with van der Waals surface area (Å²) in [5.41, 5.74) is 1.04. The number of rotatable bonds is 5. The zero-order valence-electron chi connectivity index (χ0n) is 18.6. The van der Waals surface area contributed by atoms with Crippen LogP contribution in [0, 0.1) is 5.92 Å². The monoisotopic (exact) mass is 438 g/mol. The molecular formula is C21H34N2O4SSi. The van der Waals surface area contributed by atoms with Gasteiger partial charge in [0.25, 0.3) is 5.17 Å². The second-order valence-corrected chi connectivity index (χ2v) is 14.3. The van der Waals surface area contributed by atoms with Gasteiger partial charge in [-0.1, -0.05) is 33.3 Å². The maximum atomic E-state index is 12.0. The van der Waals surface area contributed by atoms with Gasteiger partial charge in [0, 0.05) is 18.5 Å². The largest absolute Gasteiger partial charge is 0.464 e. The summed E-state index contributed by atoms with van der Waals surface area (Å²) in [5, 5.41) is 0.426. The summed E-state index contributed by atoms with van der Waals surface area (Å²) in [7, 11) is -2.05. The number of ether oxygens (including phenoxy) is 2. The SMILES string of the molecule is CCOC(=O)/C=C1/C[C@@H](C)C(OC(=S)n2ccnc2)[C@H](O[Si](C)(C)C(C)(C)C)C1. The lowest BCUT2D eigenvalue weighted by Crippen LogP contribution is -2.51. The van der Waals surface area contributed by atoms with E-state index >= 15 is 0 Å². The number of carbonyl (C=O) groups is 1. The maximum Gasteiger partial charge on any atom is 0.330 e. The summed E-state index contributed by atoms with van der Waals surface area (Å²) >= 11 is 5.48. The number of thiocarbonyl (C=S) groups is 1. The Morgan fingerprint density at radius 1 is 1.38 bits per heavy atom. The minimum absolute atomic E-state index is 0.0636. The average molecular weight is 439 g/mol. The molecule has 162 valence electrons. The zero-order chi connectivity index (χ0) is 21.8. The van der Waals surface area contributed by atoms with Crippen LogP contribution in [0.3, 0.4) is 0 Å². The smallest absolute Gasteiger partial charge is 0.330 e. The van der Waals surface area contributed by atoms with E-state index in [0.717, 1.165) is 12.0 Å². The van der Waals surface area contributed by atoms with Crippen molar-refractivity contribution in [1.29, 1.82) is 0 Å². The summed E-state index contributed by atoms with van der Waals surface area (Å²) in [5.74, 6) is -0.158. The number of imidazole rings is 1. The predicted octanol–water partition coefficient (Wildman–Crippen LogP) is 4.71. The second kappa shape index (κ2) is 9.53. The van der Waals surface area contributed by atoms with Crippen molar-refractivity contribution in [2.75, 3.05) is 6.61 Å². The standard InChI is InChI=1S/C21H34N2O4SSi/c1-8-25-18(24)13-16-11-15(2)19(26-20(28)23-10-9-22-14-23)17(12-16)27-29(6,7)21(3,4)5/h9-10,13-15,17,19H,8,11-12H2,1-7H3/b16-13-/t15-,17-,19?/m1/s1. The molecule has 1 aromatic rings. The van der Waals surface area contributed by atoms with E-state index in [0.29, 0.717) is 18.2 Å². The molecule has 1 aromatic heterocycles. The second-order valence-electron chi connectivity index (χ2n) is 9.18. The van der Waals surface area contributed by atoms with Gasteiger partial charge in [0.1, 0.15) is 12.4 Å². The number of aromatic nitrogens is 2. The molecule has 1 aliphatic carbocycles. The molecule has 0 spiro atoms. The molecule has 0 N–H and O–H groups in total. The fourth-order valence-electron chi connectivity index (χ4n) is 3.22. The highest BCUT2D eigenvalue weighted by Crippen LogP contribution is 2.41. The first-order chi connectivity index (χ1) is 13.4. The molecule has 1 fully saturated rings. The van der Waals surface area contributed by atoms with Gasteiger partial charge < -0.3 is 13.9 Å². The third-order valence-electron chi connectivity index (χ3n) is 5.79. The minimum atomic E-state index is -2.05. The van der Waals surface area contributed by atoms with Crippen molar-refractivity contribution < 1.29 is 18.7 Å². The van der Waals surface area contributed by atoms with Crippen molar-refractivity contribution in [2.24, 2.45) is 5.92 Å². The fourth-order valence-corrected chi connectivity index (χ4v) is 4.77. The van der Waals surface area contributed by atoms with Gasteiger partial charge in [-0.3, -0.25) is 4.57 Å². The van der Waals surface area contributed by atoms with Gasteiger partial charge in [-0.05, 0) is 56.0 Å². The van der Waals surface area contributed by atoms with Crippen molar-refractivity contribution in [3.8, 4) is 0 Å². The number of esters is 1. The molecule has 6 nitrogen and oxygen atoms in total. The Bertz CT molecular complexity index is 740. The lowest BCUT2D eigenvalue weighted by Gasteiger charge is -2.45. The third kappa shape index (κ3) is 6.23. The fraction of sp³-hybridized carbons (Fsp3) is 0.667. The molecule has 0 aromatic carbocycles. The van der Waals surface area contributed by atoms with Crippen molar-refractivity contribution in [3.05, 3.63) is 30.4 Å². The summed E-state index contributed by atoms with van der Waals surface area (Å²) in [6, 6.07) is 0. The van der Waals surface area contributed by atoms with Crippen LogP contribution in [-0.4, -0.2) is 47.8 Å². The normalized spacial score (nSPS) is 24.4. The number of hydrogen-bond donors (Lipinski definition) is 0. The molecule has 1 unspecified atom stereocenters. The Labute approximate surface area is 180 Å². The van der Waals surface area contributed by atoms with Crippen LogP contribution in [0.2, 0.25) is 18.1 Å². The van der Waals surface area contributed by atoms with Crippen molar-refractivity contribution in [3.63, 3.8) is 0 Å². The van der Waals surface area contributed by atoms with E-state index in [1.165, 1.54) is 0 Å². The Morgan fingerprint density at radius 2 is 2.07 bits per heavy atom. The maximum absolute atomic E-state index is 12.0. The Morgan fingerprint density at radius 3 is 2.62 bits per heavy atom. The molecule has 1 aliphatic rings. The summed E-state index contributed by atoms with van der Waals surface area (Å²) in [6.45, 7) is 15.4. The molecule has 29 heavy (non-hydrogen) atoms. The topological polar surface area (TPSA) is 62.6 Å². The molecule has 0 amide bonds. The van der Waals surface area contributed by atoms with E-state index in [1.807, 2.05) is 6.92 Å². The number of hydrogen-bond acceptors (Lipinski definition) is 6. The van der Waals surface area contributed by atoms with Crippen LogP contribution < -0.4 is 0 Å². The zero-order valence-corrected chi connectivity index (χ0v) is 20.4. The van der Waals surface area contributed by atoms with Crippen LogP contribution >= 0.6 is 12.2 Å². The molecule has 0 aliphatic heterocycles. The predicted molar refractivity (Wildman–Crippen MR) is 120 cm³/mol. The minimum Gasteiger partial charge on any atom is -0.464 e. The highest BCUT2D eigenvalue weighted by Gasteiger charge is 2.44. The van der Waals surface area contributed by atoms with Gasteiger partial charge in [-0.15, -0.1) is 0 Å². The first-order valence-corrected chi connectivity index (χ1v) is 13.5. The lowest BCUT2D eigenvalue weighted by molar-refractivity contribution is -0.137. The Hall–Kier alpha value is -1.51. The first kappa shape index (κ1) is 23.8. The van der Waals surface area contributed by atoms with Gasteiger partial charge in [-0.2, -0.15) is 0 Å². The van der Waals surface area contributed by atoms with E-state index in [9.17, 15) is 4.79 Å². The molecule has 2 rings (SSSR count). The first-order valence-electron chi connectivity index (χ1n) is 10.2. The van der Waals surface area contributed by atoms with Crippen molar-refractivity contribution in [2.45, 2.75) is 77.8 Å². The molecule has 8 heteroatoms. The van der Waals surface area contributed by atoms with Crippen LogP contribution in [-0.2, 0) is 18.7 Å². The van der Waals surface area contributed by atoms with Crippen molar-refractivity contribution >= 4 is 31.7 Å². The van der Waals surface area contributed by atoms with E-state index in [2.05, 4.69) is 45.8 Å².